The van der Waals surface area contributed by atoms with E-state index >= 15 is 0 Å². The molecule has 0 rings (SSSR count). The Morgan fingerprint density at radius 2 is 1.67 bits per heavy atom. The first-order valence-corrected chi connectivity index (χ1v) is 8.18. The van der Waals surface area contributed by atoms with Crippen molar-refractivity contribution in [2.45, 2.75) is 45.1 Å². The van der Waals surface area contributed by atoms with Crippen LogP contribution in [0.4, 0.5) is 0 Å². The molecule has 5 nitrogen and oxygen atoms in total. The van der Waals surface area contributed by atoms with Gasteiger partial charge in [0.05, 0.1) is 19.8 Å². The van der Waals surface area contributed by atoms with Gasteiger partial charge in [-0.3, -0.25) is 4.90 Å². The summed E-state index contributed by atoms with van der Waals surface area (Å²) in [5.41, 5.74) is -0.139. The van der Waals surface area contributed by atoms with Gasteiger partial charge in [-0.1, -0.05) is 13.3 Å². The van der Waals surface area contributed by atoms with Crippen LogP contribution in [0.15, 0.2) is 0 Å². The highest BCUT2D eigenvalue weighted by Crippen LogP contribution is 2.13. The second-order valence-corrected chi connectivity index (χ2v) is 5.93. The van der Waals surface area contributed by atoms with Crippen molar-refractivity contribution >= 4 is 0 Å². The predicted octanol–water partition coefficient (Wildman–Crippen LogP) is 1.50. The molecule has 0 heterocycles. The van der Waals surface area contributed by atoms with Gasteiger partial charge in [-0.25, -0.2) is 0 Å². The normalized spacial score (nSPS) is 14.6. The Morgan fingerprint density at radius 3 is 2.14 bits per heavy atom. The van der Waals surface area contributed by atoms with Gasteiger partial charge in [0.2, 0.25) is 0 Å². The summed E-state index contributed by atoms with van der Waals surface area (Å²) in [7, 11) is 3.47. The minimum atomic E-state index is -0.139. The zero-order valence-electron chi connectivity index (χ0n) is 14.5. The van der Waals surface area contributed by atoms with Crippen molar-refractivity contribution in [3.05, 3.63) is 0 Å². The van der Waals surface area contributed by atoms with Gasteiger partial charge >= 0.3 is 0 Å². The van der Waals surface area contributed by atoms with E-state index in [0.717, 1.165) is 65.1 Å². The molecule has 0 saturated carbocycles. The predicted molar refractivity (Wildman–Crippen MR) is 87.8 cm³/mol. The van der Waals surface area contributed by atoms with Crippen LogP contribution in [0, 0.1) is 0 Å². The van der Waals surface area contributed by atoms with E-state index < -0.39 is 0 Å². The molecule has 0 aliphatic carbocycles. The van der Waals surface area contributed by atoms with Crippen molar-refractivity contribution in [1.29, 1.82) is 0 Å². The minimum Gasteiger partial charge on any atom is -0.394 e. The molecular formula is C16H36N2O3. The third-order valence-corrected chi connectivity index (χ3v) is 3.83. The average molecular weight is 304 g/mol. The van der Waals surface area contributed by atoms with E-state index in [-0.39, 0.29) is 12.1 Å². The van der Waals surface area contributed by atoms with Crippen molar-refractivity contribution in [3.63, 3.8) is 0 Å². The van der Waals surface area contributed by atoms with E-state index in [4.69, 9.17) is 9.47 Å². The summed E-state index contributed by atoms with van der Waals surface area (Å²) in [4.78, 5) is 2.38. The van der Waals surface area contributed by atoms with E-state index in [2.05, 4.69) is 24.1 Å². The fraction of sp³-hybridized carbons (Fsp3) is 1.00. The highest BCUT2D eigenvalue weighted by molar-refractivity contribution is 4.82. The maximum absolute atomic E-state index is 9.55. The van der Waals surface area contributed by atoms with Crippen molar-refractivity contribution in [2.24, 2.45) is 0 Å². The van der Waals surface area contributed by atoms with E-state index in [1.807, 2.05) is 0 Å². The molecule has 0 amide bonds. The number of methoxy groups -OCH3 is 2. The summed E-state index contributed by atoms with van der Waals surface area (Å²) in [6, 6.07) is 0. The summed E-state index contributed by atoms with van der Waals surface area (Å²) < 4.78 is 10.3. The minimum absolute atomic E-state index is 0.139. The summed E-state index contributed by atoms with van der Waals surface area (Å²) in [6.07, 6.45) is 4.35. The lowest BCUT2D eigenvalue weighted by Crippen LogP contribution is -2.46. The monoisotopic (exact) mass is 304 g/mol. The van der Waals surface area contributed by atoms with Crippen molar-refractivity contribution < 1.29 is 14.6 Å². The van der Waals surface area contributed by atoms with E-state index in [1.165, 1.54) is 0 Å². The molecule has 128 valence electrons. The highest BCUT2D eigenvalue weighted by Gasteiger charge is 2.21. The van der Waals surface area contributed by atoms with Crippen LogP contribution in [0.25, 0.3) is 0 Å². The lowest BCUT2D eigenvalue weighted by atomic mass is 9.95. The van der Waals surface area contributed by atoms with Gasteiger partial charge in [0.1, 0.15) is 0 Å². The van der Waals surface area contributed by atoms with Crippen molar-refractivity contribution in [2.75, 3.05) is 60.2 Å². The Hall–Kier alpha value is -0.200. The lowest BCUT2D eigenvalue weighted by molar-refractivity contribution is 0.111. The summed E-state index contributed by atoms with van der Waals surface area (Å²) >= 11 is 0. The third kappa shape index (κ3) is 11.1. The molecule has 0 bridgehead atoms. The Balaban J connectivity index is 3.94. The maximum Gasteiger partial charge on any atom is 0.0610 e. The van der Waals surface area contributed by atoms with Crippen LogP contribution in [0.2, 0.25) is 0 Å². The molecule has 5 heteroatoms. The molecule has 0 aromatic carbocycles. The zero-order chi connectivity index (χ0) is 16.0. The van der Waals surface area contributed by atoms with Gasteiger partial charge < -0.3 is 19.9 Å². The molecule has 1 atom stereocenters. The molecule has 2 N–H and O–H groups in total. The maximum atomic E-state index is 9.55. The molecule has 0 aromatic rings. The van der Waals surface area contributed by atoms with Crippen LogP contribution in [0.5, 0.6) is 0 Å². The van der Waals surface area contributed by atoms with E-state index in [0.29, 0.717) is 0 Å². The standard InChI is InChI=1S/C16H36N2O3/c1-5-9-17-16(2,15-19)8-6-7-10-18(11-13-20-3)12-14-21-4/h17,19H,5-15H2,1-4H3. The van der Waals surface area contributed by atoms with Crippen LogP contribution in [-0.4, -0.2) is 75.8 Å². The van der Waals surface area contributed by atoms with Gasteiger partial charge in [0, 0.05) is 32.8 Å². The first-order valence-electron chi connectivity index (χ1n) is 8.18. The number of hydrogen-bond acceptors (Lipinski definition) is 5. The van der Waals surface area contributed by atoms with Crippen LogP contribution in [0.3, 0.4) is 0 Å². The third-order valence-electron chi connectivity index (χ3n) is 3.83. The van der Waals surface area contributed by atoms with Gasteiger partial charge in [-0.05, 0) is 39.3 Å². The molecule has 0 spiro atoms. The molecular weight excluding hydrogens is 268 g/mol. The smallest absolute Gasteiger partial charge is 0.0610 e. The number of nitrogens with zero attached hydrogens (tertiary/aromatic N) is 1. The molecule has 0 aromatic heterocycles. The van der Waals surface area contributed by atoms with Crippen LogP contribution in [0.1, 0.15) is 39.5 Å². The lowest BCUT2D eigenvalue weighted by Gasteiger charge is -2.29. The number of aliphatic hydroxyl groups excluding tert-OH is 1. The second kappa shape index (κ2) is 13.5. The summed E-state index contributed by atoms with van der Waals surface area (Å²) in [5.74, 6) is 0. The molecule has 0 radical (unpaired) electrons. The fourth-order valence-electron chi connectivity index (χ4n) is 2.28. The zero-order valence-corrected chi connectivity index (χ0v) is 14.5. The number of aliphatic hydroxyl groups is 1. The van der Waals surface area contributed by atoms with Gasteiger partial charge in [-0.15, -0.1) is 0 Å². The number of ether oxygens (including phenoxy) is 2. The Morgan fingerprint density at radius 1 is 1.05 bits per heavy atom. The number of unbranched alkanes of at least 4 members (excludes halogenated alkanes) is 1. The van der Waals surface area contributed by atoms with Crippen molar-refractivity contribution in [1.82, 2.24) is 10.2 Å². The SMILES string of the molecule is CCCNC(C)(CO)CCCCN(CCOC)CCOC. The summed E-state index contributed by atoms with van der Waals surface area (Å²) in [6.45, 7) is 9.89. The molecule has 21 heavy (non-hydrogen) atoms. The van der Waals surface area contributed by atoms with Crippen LogP contribution in [-0.2, 0) is 9.47 Å². The first kappa shape index (κ1) is 20.8. The molecule has 0 aliphatic heterocycles. The largest absolute Gasteiger partial charge is 0.394 e. The molecule has 0 saturated heterocycles. The van der Waals surface area contributed by atoms with Crippen molar-refractivity contribution in [3.8, 4) is 0 Å². The fourth-order valence-corrected chi connectivity index (χ4v) is 2.28. The number of rotatable bonds is 15. The Labute approximate surface area is 131 Å². The number of hydrogen-bond donors (Lipinski definition) is 2. The highest BCUT2D eigenvalue weighted by atomic mass is 16.5. The Bertz CT molecular complexity index is 222. The first-order chi connectivity index (χ1) is 10.1. The molecule has 1 unspecified atom stereocenters. The topological polar surface area (TPSA) is 54.0 Å². The van der Waals surface area contributed by atoms with Gasteiger partial charge in [0.25, 0.3) is 0 Å². The van der Waals surface area contributed by atoms with E-state index in [1.54, 1.807) is 14.2 Å². The number of nitrogens with one attached hydrogen (secondary N) is 1. The van der Waals surface area contributed by atoms with E-state index in [9.17, 15) is 5.11 Å². The van der Waals surface area contributed by atoms with Gasteiger partial charge in [0.15, 0.2) is 0 Å². The molecule has 0 aliphatic rings. The molecule has 0 fully saturated rings. The van der Waals surface area contributed by atoms with Crippen LogP contribution >= 0.6 is 0 Å². The summed E-state index contributed by atoms with van der Waals surface area (Å²) in [5, 5.41) is 13.0. The van der Waals surface area contributed by atoms with Crippen LogP contribution < -0.4 is 5.32 Å². The average Bonchev–Trinajstić information content (AvgIpc) is 2.51. The second-order valence-electron chi connectivity index (χ2n) is 5.93. The quantitative estimate of drug-likeness (QED) is 0.449. The Kier molecular flexibility index (Phi) is 13.3. The van der Waals surface area contributed by atoms with Gasteiger partial charge in [-0.2, -0.15) is 0 Å².